The highest BCUT2D eigenvalue weighted by Gasteiger charge is 2.36. The van der Waals surface area contributed by atoms with Gasteiger partial charge in [-0.05, 0) is 44.7 Å². The van der Waals surface area contributed by atoms with Crippen LogP contribution in [0.2, 0.25) is 0 Å². The zero-order valence-electron chi connectivity index (χ0n) is 16.1. The third-order valence-corrected chi connectivity index (χ3v) is 4.95. The highest BCUT2D eigenvalue weighted by Crippen LogP contribution is 2.32. The summed E-state index contributed by atoms with van der Waals surface area (Å²) < 4.78 is 44.0. The lowest BCUT2D eigenvalue weighted by atomic mass is 9.82. The number of carbonyl (C=O) groups excluding carboxylic acids is 1. The second-order valence-electron chi connectivity index (χ2n) is 6.95. The number of hydrogen-bond acceptors (Lipinski definition) is 4. The van der Waals surface area contributed by atoms with E-state index in [1.165, 1.54) is 6.07 Å². The molecule has 1 heterocycles. The van der Waals surface area contributed by atoms with Crippen molar-refractivity contribution in [1.82, 2.24) is 9.88 Å². The number of carbonyl (C=O) groups is 1. The summed E-state index contributed by atoms with van der Waals surface area (Å²) in [5.41, 5.74) is -0.784. The summed E-state index contributed by atoms with van der Waals surface area (Å²) in [4.78, 5) is 18.1. The Balaban J connectivity index is 2.10. The largest absolute Gasteiger partial charge is 0.417 e. The SMILES string of the molecule is CCCO[C@@H]1CC[C@H](C(=O)N(C)CC)C[C@H]1Nc1ccc(C(F)(F)F)cn1. The number of amides is 1. The summed E-state index contributed by atoms with van der Waals surface area (Å²) in [6, 6.07) is 2.16. The standard InChI is InChI=1S/C19H28F3N3O2/c1-4-10-27-16-8-6-13(18(26)25(3)5-2)11-15(16)24-17-9-7-14(12-23-17)19(20,21)22/h7,9,12-13,15-16H,4-6,8,10-11H2,1-3H3,(H,23,24)/t13-,15+,16+/m0/s1. The van der Waals surface area contributed by atoms with Crippen molar-refractivity contribution in [3.8, 4) is 0 Å². The summed E-state index contributed by atoms with van der Waals surface area (Å²) in [6.07, 6.45) is -0.762. The van der Waals surface area contributed by atoms with Crippen molar-refractivity contribution in [3.63, 3.8) is 0 Å². The van der Waals surface area contributed by atoms with Crippen LogP contribution < -0.4 is 5.32 Å². The smallest absolute Gasteiger partial charge is 0.376 e. The number of pyridine rings is 1. The normalized spacial score (nSPS) is 23.1. The predicted octanol–water partition coefficient (Wildman–Crippen LogP) is 3.95. The van der Waals surface area contributed by atoms with Gasteiger partial charge in [-0.15, -0.1) is 0 Å². The molecule has 1 saturated carbocycles. The van der Waals surface area contributed by atoms with E-state index in [-0.39, 0.29) is 24.0 Å². The number of halogens is 3. The molecule has 1 N–H and O–H groups in total. The maximum absolute atomic E-state index is 12.7. The molecule has 0 spiro atoms. The van der Waals surface area contributed by atoms with Crippen LogP contribution in [-0.4, -0.2) is 48.1 Å². The van der Waals surface area contributed by atoms with Gasteiger partial charge in [0.2, 0.25) is 5.91 Å². The first-order chi connectivity index (χ1) is 12.8. The van der Waals surface area contributed by atoms with E-state index in [1.807, 2.05) is 13.8 Å². The average molecular weight is 387 g/mol. The van der Waals surface area contributed by atoms with Gasteiger partial charge in [-0.3, -0.25) is 4.79 Å². The fourth-order valence-corrected chi connectivity index (χ4v) is 3.29. The second kappa shape index (κ2) is 9.39. The van der Waals surface area contributed by atoms with Crippen LogP contribution >= 0.6 is 0 Å². The van der Waals surface area contributed by atoms with Crippen molar-refractivity contribution in [2.75, 3.05) is 25.5 Å². The maximum atomic E-state index is 12.7. The summed E-state index contributed by atoms with van der Waals surface area (Å²) >= 11 is 0. The van der Waals surface area contributed by atoms with Gasteiger partial charge >= 0.3 is 6.18 Å². The predicted molar refractivity (Wildman–Crippen MR) is 97.3 cm³/mol. The van der Waals surface area contributed by atoms with E-state index < -0.39 is 11.7 Å². The van der Waals surface area contributed by atoms with E-state index in [0.29, 0.717) is 25.4 Å². The summed E-state index contributed by atoms with van der Waals surface area (Å²) in [5, 5.41) is 3.19. The monoisotopic (exact) mass is 387 g/mol. The van der Waals surface area contributed by atoms with Gasteiger partial charge < -0.3 is 15.0 Å². The average Bonchev–Trinajstić information content (AvgIpc) is 2.65. The van der Waals surface area contributed by atoms with Crippen LogP contribution in [0.3, 0.4) is 0 Å². The van der Waals surface area contributed by atoms with Crippen LogP contribution in [0.15, 0.2) is 18.3 Å². The minimum absolute atomic E-state index is 0.0926. The molecule has 1 fully saturated rings. The number of nitrogens with zero attached hydrogens (tertiary/aromatic N) is 2. The Morgan fingerprint density at radius 3 is 2.63 bits per heavy atom. The Morgan fingerprint density at radius 1 is 1.33 bits per heavy atom. The number of rotatable bonds is 7. The number of alkyl halides is 3. The fraction of sp³-hybridized carbons (Fsp3) is 0.684. The lowest BCUT2D eigenvalue weighted by Crippen LogP contribution is -2.45. The number of anilines is 1. The molecule has 0 aromatic carbocycles. The minimum Gasteiger partial charge on any atom is -0.376 e. The molecule has 3 atom stereocenters. The van der Waals surface area contributed by atoms with Gasteiger partial charge in [0.25, 0.3) is 0 Å². The van der Waals surface area contributed by atoms with E-state index >= 15 is 0 Å². The lowest BCUT2D eigenvalue weighted by molar-refractivity contribution is -0.138. The summed E-state index contributed by atoms with van der Waals surface area (Å²) in [7, 11) is 1.78. The number of aromatic nitrogens is 1. The third kappa shape index (κ3) is 5.82. The summed E-state index contributed by atoms with van der Waals surface area (Å²) in [5.74, 6) is 0.331. The maximum Gasteiger partial charge on any atom is 0.417 e. The first-order valence-corrected chi connectivity index (χ1v) is 9.42. The van der Waals surface area contributed by atoms with Crippen molar-refractivity contribution < 1.29 is 22.7 Å². The number of ether oxygens (including phenoxy) is 1. The number of nitrogens with one attached hydrogen (secondary N) is 1. The number of hydrogen-bond donors (Lipinski definition) is 1. The first-order valence-electron chi connectivity index (χ1n) is 9.42. The van der Waals surface area contributed by atoms with Crippen LogP contribution in [0.1, 0.15) is 45.1 Å². The second-order valence-corrected chi connectivity index (χ2v) is 6.95. The molecule has 1 aromatic rings. The van der Waals surface area contributed by atoms with E-state index in [2.05, 4.69) is 10.3 Å². The Kier molecular flexibility index (Phi) is 7.47. The van der Waals surface area contributed by atoms with Gasteiger partial charge in [0.05, 0.1) is 17.7 Å². The molecule has 1 aromatic heterocycles. The molecule has 0 aliphatic heterocycles. The molecule has 27 heavy (non-hydrogen) atoms. The van der Waals surface area contributed by atoms with Gasteiger partial charge in [0.1, 0.15) is 5.82 Å². The highest BCUT2D eigenvalue weighted by atomic mass is 19.4. The Labute approximate surface area is 158 Å². The molecule has 0 radical (unpaired) electrons. The minimum atomic E-state index is -4.41. The molecule has 1 amide bonds. The van der Waals surface area contributed by atoms with Crippen LogP contribution in [0.4, 0.5) is 19.0 Å². The lowest BCUT2D eigenvalue weighted by Gasteiger charge is -2.37. The third-order valence-electron chi connectivity index (χ3n) is 4.95. The van der Waals surface area contributed by atoms with Crippen molar-refractivity contribution in [2.24, 2.45) is 5.92 Å². The molecule has 5 nitrogen and oxygen atoms in total. The van der Waals surface area contributed by atoms with Crippen LogP contribution in [0, 0.1) is 5.92 Å². The topological polar surface area (TPSA) is 54.5 Å². The zero-order chi connectivity index (χ0) is 20.0. The van der Waals surface area contributed by atoms with Gasteiger partial charge in [0.15, 0.2) is 0 Å². The molecule has 1 aliphatic rings. The fourth-order valence-electron chi connectivity index (χ4n) is 3.29. The van der Waals surface area contributed by atoms with Gasteiger partial charge in [-0.1, -0.05) is 6.92 Å². The Hall–Kier alpha value is -1.83. The molecule has 8 heteroatoms. The van der Waals surface area contributed by atoms with E-state index in [1.54, 1.807) is 11.9 Å². The van der Waals surface area contributed by atoms with Gasteiger partial charge in [-0.2, -0.15) is 13.2 Å². The molecular weight excluding hydrogens is 359 g/mol. The Bertz CT molecular complexity index is 607. The molecule has 0 bridgehead atoms. The van der Waals surface area contributed by atoms with E-state index in [0.717, 1.165) is 31.5 Å². The van der Waals surface area contributed by atoms with Gasteiger partial charge in [-0.25, -0.2) is 4.98 Å². The van der Waals surface area contributed by atoms with Crippen LogP contribution in [0.25, 0.3) is 0 Å². The van der Waals surface area contributed by atoms with Crippen LogP contribution in [0.5, 0.6) is 0 Å². The molecule has 1 aliphatic carbocycles. The molecular formula is C19H28F3N3O2. The van der Waals surface area contributed by atoms with Crippen molar-refractivity contribution in [1.29, 1.82) is 0 Å². The molecule has 0 unspecified atom stereocenters. The Morgan fingerprint density at radius 2 is 2.07 bits per heavy atom. The van der Waals surface area contributed by atoms with Crippen LogP contribution in [-0.2, 0) is 15.7 Å². The first kappa shape index (κ1) is 21.5. The molecule has 2 rings (SSSR count). The van der Waals surface area contributed by atoms with Gasteiger partial charge in [0, 0.05) is 32.3 Å². The van der Waals surface area contributed by atoms with Crippen molar-refractivity contribution >= 4 is 11.7 Å². The molecule has 152 valence electrons. The van der Waals surface area contributed by atoms with E-state index in [9.17, 15) is 18.0 Å². The summed E-state index contributed by atoms with van der Waals surface area (Å²) in [6.45, 7) is 5.20. The zero-order valence-corrected chi connectivity index (χ0v) is 16.1. The van der Waals surface area contributed by atoms with Crippen molar-refractivity contribution in [3.05, 3.63) is 23.9 Å². The quantitative estimate of drug-likeness (QED) is 0.770. The van der Waals surface area contributed by atoms with E-state index in [4.69, 9.17) is 4.74 Å². The molecule has 0 saturated heterocycles. The highest BCUT2D eigenvalue weighted by molar-refractivity contribution is 5.78. The van der Waals surface area contributed by atoms with Crippen molar-refractivity contribution in [2.45, 2.75) is 57.9 Å².